The van der Waals surface area contributed by atoms with Gasteiger partial charge >= 0.3 is 11.5 Å². The molecule has 1 atom stereocenters. The molecule has 0 aliphatic rings. The second kappa shape index (κ2) is 3.50. The molecule has 2 N–H and O–H groups in total. The van der Waals surface area contributed by atoms with Gasteiger partial charge in [-0.25, -0.2) is 13.2 Å². The first-order chi connectivity index (χ1) is 5.58. The van der Waals surface area contributed by atoms with Gasteiger partial charge in [-0.3, -0.25) is 0 Å². The third-order valence-electron chi connectivity index (χ3n) is 1.01. The Morgan fingerprint density at radius 3 is 2.00 bits per heavy atom. The lowest BCUT2D eigenvalue weighted by Gasteiger charge is -2.09. The van der Waals surface area contributed by atoms with Crippen LogP contribution in [0.2, 0.25) is 0 Å². The van der Waals surface area contributed by atoms with Gasteiger partial charge < -0.3 is 10.2 Å². The van der Waals surface area contributed by atoms with E-state index in [4.69, 9.17) is 10.2 Å². The first-order valence-corrected chi connectivity index (χ1v) is 4.43. The lowest BCUT2D eigenvalue weighted by atomic mass is 10.4. The molecule has 78 valence electrons. The molecule has 5 nitrogen and oxygen atoms in total. The largest absolute Gasteiger partial charge is 0.497 e. The fourth-order valence-electron chi connectivity index (χ4n) is 0.374. The van der Waals surface area contributed by atoms with E-state index in [1.54, 1.807) is 0 Å². The number of aliphatic hydroxyl groups excluding tert-OH is 1. The highest BCUT2D eigenvalue weighted by atomic mass is 32.2. The fraction of sp³-hybridized carbons (Fsp3) is 0.750. The number of halogens is 3. The molecule has 0 heterocycles. The quantitative estimate of drug-likeness (QED) is 0.663. The molecule has 0 spiro atoms. The number of carboxylic acid groups (broad SMARTS) is 1. The first-order valence-electron chi connectivity index (χ1n) is 2.78. The number of alkyl halides is 3. The predicted octanol–water partition coefficient (Wildman–Crippen LogP) is -0.633. The summed E-state index contributed by atoms with van der Waals surface area (Å²) >= 11 is 0. The summed E-state index contributed by atoms with van der Waals surface area (Å²) in [7, 11) is -5.57. The molecule has 0 radical (unpaired) electrons. The zero-order chi connectivity index (χ0) is 10.9. The van der Waals surface area contributed by atoms with Crippen molar-refractivity contribution in [2.75, 3.05) is 5.75 Å². The van der Waals surface area contributed by atoms with Crippen molar-refractivity contribution in [3.63, 3.8) is 0 Å². The Morgan fingerprint density at radius 2 is 1.77 bits per heavy atom. The minimum Gasteiger partial charge on any atom is -0.479 e. The highest BCUT2D eigenvalue weighted by Crippen LogP contribution is 2.24. The van der Waals surface area contributed by atoms with E-state index in [-0.39, 0.29) is 0 Å². The molecule has 0 fully saturated rings. The van der Waals surface area contributed by atoms with E-state index in [0.717, 1.165) is 0 Å². The zero-order valence-electron chi connectivity index (χ0n) is 5.95. The summed E-state index contributed by atoms with van der Waals surface area (Å²) in [5.41, 5.74) is -5.54. The van der Waals surface area contributed by atoms with Crippen LogP contribution in [0.3, 0.4) is 0 Å². The molecule has 0 saturated carbocycles. The molecule has 0 aromatic rings. The second-order valence-electron chi connectivity index (χ2n) is 2.08. The van der Waals surface area contributed by atoms with E-state index in [1.807, 2.05) is 0 Å². The van der Waals surface area contributed by atoms with Gasteiger partial charge in [0.25, 0.3) is 9.84 Å². The van der Waals surface area contributed by atoms with Gasteiger partial charge in [0.1, 0.15) is 0 Å². The van der Waals surface area contributed by atoms with E-state index in [0.29, 0.717) is 0 Å². The van der Waals surface area contributed by atoms with Crippen molar-refractivity contribution in [2.24, 2.45) is 0 Å². The summed E-state index contributed by atoms with van der Waals surface area (Å²) in [5, 5.41) is 16.3. The third-order valence-corrected chi connectivity index (χ3v) is 2.47. The van der Waals surface area contributed by atoms with Crippen LogP contribution in [0.4, 0.5) is 13.2 Å². The van der Waals surface area contributed by atoms with Gasteiger partial charge in [-0.05, 0) is 0 Å². The lowest BCUT2D eigenvalue weighted by molar-refractivity contribution is -0.145. The lowest BCUT2D eigenvalue weighted by Crippen LogP contribution is -2.35. The van der Waals surface area contributed by atoms with Crippen LogP contribution >= 0.6 is 0 Å². The van der Waals surface area contributed by atoms with E-state index >= 15 is 0 Å². The maximum Gasteiger partial charge on any atom is 0.497 e. The number of aliphatic carboxylic acids is 1. The average molecular weight is 222 g/mol. The number of hydrogen-bond acceptors (Lipinski definition) is 4. The van der Waals surface area contributed by atoms with E-state index in [9.17, 15) is 26.4 Å². The smallest absolute Gasteiger partial charge is 0.479 e. The van der Waals surface area contributed by atoms with Gasteiger partial charge in [-0.1, -0.05) is 0 Å². The molecule has 0 aromatic carbocycles. The van der Waals surface area contributed by atoms with E-state index in [1.165, 1.54) is 0 Å². The molecule has 0 rings (SSSR count). The van der Waals surface area contributed by atoms with Crippen molar-refractivity contribution in [1.29, 1.82) is 0 Å². The van der Waals surface area contributed by atoms with Gasteiger partial charge in [-0.2, -0.15) is 13.2 Å². The molecular weight excluding hydrogens is 217 g/mol. The molecular formula is C4H5F3O5S. The molecule has 0 amide bonds. The monoisotopic (exact) mass is 222 g/mol. The van der Waals surface area contributed by atoms with Crippen molar-refractivity contribution in [1.82, 2.24) is 0 Å². The normalized spacial score (nSPS) is 15.4. The Balaban J connectivity index is 4.64. The van der Waals surface area contributed by atoms with E-state index < -0.39 is 33.2 Å². The van der Waals surface area contributed by atoms with Crippen molar-refractivity contribution >= 4 is 15.8 Å². The fourth-order valence-corrected chi connectivity index (χ4v) is 1.12. The van der Waals surface area contributed by atoms with Crippen molar-refractivity contribution in [2.45, 2.75) is 11.6 Å². The predicted molar refractivity (Wildman–Crippen MR) is 33.5 cm³/mol. The molecule has 13 heavy (non-hydrogen) atoms. The van der Waals surface area contributed by atoms with Gasteiger partial charge in [0.15, 0.2) is 6.10 Å². The highest BCUT2D eigenvalue weighted by molar-refractivity contribution is 7.92. The summed E-state index contributed by atoms with van der Waals surface area (Å²) in [6.07, 6.45) is -2.56. The standard InChI is InChI=1S/C4H5F3O5S/c5-4(6,7)13(11,12)1-2(8)3(9)10/h2,8H,1H2,(H,9,10). The Hall–Kier alpha value is -0.830. The summed E-state index contributed by atoms with van der Waals surface area (Å²) in [5.74, 6) is -3.89. The maximum atomic E-state index is 11.6. The van der Waals surface area contributed by atoms with Crippen LogP contribution in [0.25, 0.3) is 0 Å². The summed E-state index contributed by atoms with van der Waals surface area (Å²) < 4.78 is 55.1. The van der Waals surface area contributed by atoms with Crippen molar-refractivity contribution < 1.29 is 36.6 Å². The Labute approximate surface area is 70.7 Å². The molecule has 0 bridgehead atoms. The number of sulfone groups is 1. The van der Waals surface area contributed by atoms with Crippen LogP contribution in [-0.2, 0) is 14.6 Å². The summed E-state index contributed by atoms with van der Waals surface area (Å²) in [6.45, 7) is 0. The van der Waals surface area contributed by atoms with Crippen LogP contribution in [0, 0.1) is 0 Å². The van der Waals surface area contributed by atoms with Gasteiger partial charge in [0, 0.05) is 0 Å². The third kappa shape index (κ3) is 3.19. The number of hydrogen-bond donors (Lipinski definition) is 2. The highest BCUT2D eigenvalue weighted by Gasteiger charge is 2.47. The number of aliphatic hydroxyl groups is 1. The SMILES string of the molecule is O=C(O)C(O)CS(=O)(=O)C(F)(F)F. The van der Waals surface area contributed by atoms with Crippen LogP contribution in [-0.4, -0.2) is 42.0 Å². The zero-order valence-corrected chi connectivity index (χ0v) is 6.76. The topological polar surface area (TPSA) is 91.7 Å². The Bertz CT molecular complexity index is 291. The summed E-state index contributed by atoms with van der Waals surface area (Å²) in [6, 6.07) is 0. The number of rotatable bonds is 3. The average Bonchev–Trinajstić information content (AvgIpc) is 1.83. The summed E-state index contributed by atoms with van der Waals surface area (Å²) in [4.78, 5) is 9.82. The van der Waals surface area contributed by atoms with Crippen LogP contribution in [0.5, 0.6) is 0 Å². The molecule has 1 unspecified atom stereocenters. The minimum absolute atomic E-state index is 1.87. The minimum atomic E-state index is -5.57. The van der Waals surface area contributed by atoms with Crippen molar-refractivity contribution in [3.05, 3.63) is 0 Å². The van der Waals surface area contributed by atoms with E-state index in [2.05, 4.69) is 0 Å². The molecule has 9 heteroatoms. The van der Waals surface area contributed by atoms with Gasteiger partial charge in [0.05, 0.1) is 5.75 Å². The Kier molecular flexibility index (Phi) is 3.28. The molecule has 0 saturated heterocycles. The van der Waals surface area contributed by atoms with Gasteiger partial charge in [0.2, 0.25) is 0 Å². The van der Waals surface area contributed by atoms with Crippen LogP contribution in [0.1, 0.15) is 0 Å². The van der Waals surface area contributed by atoms with Crippen molar-refractivity contribution in [3.8, 4) is 0 Å². The van der Waals surface area contributed by atoms with Gasteiger partial charge in [-0.15, -0.1) is 0 Å². The second-order valence-corrected chi connectivity index (χ2v) is 4.11. The molecule has 0 aromatic heterocycles. The maximum absolute atomic E-state index is 11.6. The number of carbonyl (C=O) groups is 1. The van der Waals surface area contributed by atoms with Crippen LogP contribution < -0.4 is 0 Å². The molecule has 0 aliphatic heterocycles. The first kappa shape index (κ1) is 12.2. The molecule has 0 aliphatic carbocycles. The van der Waals surface area contributed by atoms with Crippen LogP contribution in [0.15, 0.2) is 0 Å². The number of carboxylic acids is 1. The Morgan fingerprint density at radius 1 is 1.38 bits per heavy atom.